The highest BCUT2D eigenvalue weighted by atomic mass is 16.5. The maximum Gasteiger partial charge on any atom is 0.272 e. The molecule has 0 aliphatic heterocycles. The molecule has 124 valence electrons. The van der Waals surface area contributed by atoms with E-state index in [1.165, 1.54) is 6.20 Å². The van der Waals surface area contributed by atoms with Crippen LogP contribution >= 0.6 is 0 Å². The minimum Gasteiger partial charge on any atom is -0.461 e. The van der Waals surface area contributed by atoms with Crippen LogP contribution in [0.4, 0.5) is 0 Å². The smallest absolute Gasteiger partial charge is 0.272 e. The van der Waals surface area contributed by atoms with Crippen LogP contribution in [0.5, 0.6) is 0 Å². The predicted octanol–water partition coefficient (Wildman–Crippen LogP) is 2.10. The van der Waals surface area contributed by atoms with Crippen molar-refractivity contribution in [3.63, 3.8) is 0 Å². The molecule has 4 aromatic rings. The summed E-state index contributed by atoms with van der Waals surface area (Å²) in [6, 6.07) is 10.00. The van der Waals surface area contributed by atoms with Gasteiger partial charge in [0, 0.05) is 17.0 Å². The van der Waals surface area contributed by atoms with Gasteiger partial charge >= 0.3 is 0 Å². The second-order valence-electron chi connectivity index (χ2n) is 5.34. The Morgan fingerprint density at radius 3 is 2.96 bits per heavy atom. The molecule has 1 aromatic carbocycles. The van der Waals surface area contributed by atoms with Crippen LogP contribution in [0.1, 0.15) is 16.1 Å². The van der Waals surface area contributed by atoms with E-state index < -0.39 is 0 Å². The SMILES string of the molecule is O=C(NCc1cc(-c2ccco2)on1)c1ccc2c(=O)[nH]ncc2c1. The van der Waals surface area contributed by atoms with Gasteiger partial charge in [-0.05, 0) is 30.3 Å². The fourth-order valence-corrected chi connectivity index (χ4v) is 2.44. The molecule has 0 saturated carbocycles. The molecule has 0 radical (unpaired) electrons. The second-order valence-corrected chi connectivity index (χ2v) is 5.34. The highest BCUT2D eigenvalue weighted by molar-refractivity contribution is 5.98. The number of rotatable bonds is 4. The van der Waals surface area contributed by atoms with Gasteiger partial charge in [0.15, 0.2) is 5.76 Å². The van der Waals surface area contributed by atoms with Gasteiger partial charge in [0.1, 0.15) is 5.69 Å². The quantitative estimate of drug-likeness (QED) is 0.590. The molecule has 1 amide bonds. The lowest BCUT2D eigenvalue weighted by Gasteiger charge is -2.04. The number of nitrogens with zero attached hydrogens (tertiary/aromatic N) is 2. The zero-order chi connectivity index (χ0) is 17.2. The minimum absolute atomic E-state index is 0.203. The molecule has 8 nitrogen and oxygen atoms in total. The van der Waals surface area contributed by atoms with E-state index in [9.17, 15) is 9.59 Å². The Morgan fingerprint density at radius 2 is 2.12 bits per heavy atom. The van der Waals surface area contributed by atoms with E-state index in [4.69, 9.17) is 8.94 Å². The van der Waals surface area contributed by atoms with Crippen molar-refractivity contribution >= 4 is 16.7 Å². The summed E-state index contributed by atoms with van der Waals surface area (Å²) in [7, 11) is 0. The summed E-state index contributed by atoms with van der Waals surface area (Å²) in [6.07, 6.45) is 3.04. The topological polar surface area (TPSA) is 114 Å². The first-order valence-corrected chi connectivity index (χ1v) is 7.46. The van der Waals surface area contributed by atoms with E-state index >= 15 is 0 Å². The van der Waals surface area contributed by atoms with Crippen LogP contribution in [0.2, 0.25) is 0 Å². The number of nitrogens with one attached hydrogen (secondary N) is 2. The average Bonchev–Trinajstić information content (AvgIpc) is 3.31. The predicted molar refractivity (Wildman–Crippen MR) is 87.7 cm³/mol. The Labute approximate surface area is 140 Å². The van der Waals surface area contributed by atoms with E-state index in [2.05, 4.69) is 20.7 Å². The lowest BCUT2D eigenvalue weighted by Crippen LogP contribution is -2.23. The van der Waals surface area contributed by atoms with E-state index in [0.29, 0.717) is 33.6 Å². The molecular formula is C17H12N4O4. The molecule has 0 atom stereocenters. The minimum atomic E-state index is -0.294. The van der Waals surface area contributed by atoms with E-state index in [-0.39, 0.29) is 18.0 Å². The molecule has 0 aliphatic carbocycles. The summed E-state index contributed by atoms with van der Waals surface area (Å²) in [5, 5.41) is 13.8. The summed E-state index contributed by atoms with van der Waals surface area (Å²) in [4.78, 5) is 23.9. The zero-order valence-electron chi connectivity index (χ0n) is 12.9. The lowest BCUT2D eigenvalue weighted by atomic mass is 10.1. The van der Waals surface area contributed by atoms with Gasteiger partial charge in [0.25, 0.3) is 11.5 Å². The Morgan fingerprint density at radius 1 is 1.20 bits per heavy atom. The Kier molecular flexibility index (Phi) is 3.62. The third kappa shape index (κ3) is 2.92. The molecule has 0 aliphatic rings. The molecule has 0 bridgehead atoms. The number of H-pyrrole nitrogens is 1. The summed E-state index contributed by atoms with van der Waals surface area (Å²) in [5.41, 5.74) is 0.700. The average molecular weight is 336 g/mol. The first-order valence-electron chi connectivity index (χ1n) is 7.46. The van der Waals surface area contributed by atoms with Crippen LogP contribution in [0, 0.1) is 0 Å². The molecule has 0 spiro atoms. The number of hydrogen-bond acceptors (Lipinski definition) is 6. The number of aromatic amines is 1. The summed E-state index contributed by atoms with van der Waals surface area (Å²) >= 11 is 0. The van der Waals surface area contributed by atoms with Gasteiger partial charge < -0.3 is 14.3 Å². The van der Waals surface area contributed by atoms with Gasteiger partial charge in [-0.15, -0.1) is 0 Å². The second kappa shape index (κ2) is 6.08. The fourth-order valence-electron chi connectivity index (χ4n) is 2.44. The van der Waals surface area contributed by atoms with Crippen molar-refractivity contribution < 1.29 is 13.7 Å². The normalized spacial score (nSPS) is 10.9. The summed E-state index contributed by atoms with van der Waals surface area (Å²) in [6.45, 7) is 0.203. The Hall–Kier alpha value is -3.68. The van der Waals surface area contributed by atoms with Crippen molar-refractivity contribution in [1.82, 2.24) is 20.7 Å². The number of amides is 1. The third-order valence-corrected chi connectivity index (χ3v) is 3.68. The Bertz CT molecular complexity index is 1100. The highest BCUT2D eigenvalue weighted by Gasteiger charge is 2.11. The molecule has 8 heteroatoms. The van der Waals surface area contributed by atoms with Crippen LogP contribution in [-0.2, 0) is 6.54 Å². The van der Waals surface area contributed by atoms with Crippen molar-refractivity contribution in [2.75, 3.05) is 0 Å². The largest absolute Gasteiger partial charge is 0.461 e. The molecule has 3 heterocycles. The molecule has 0 unspecified atom stereocenters. The maximum absolute atomic E-state index is 12.3. The number of aromatic nitrogens is 3. The molecule has 4 rings (SSSR count). The zero-order valence-corrected chi connectivity index (χ0v) is 12.9. The molecule has 0 saturated heterocycles. The number of carbonyl (C=O) groups excluding carboxylic acids is 1. The molecule has 0 fully saturated rings. The van der Waals surface area contributed by atoms with Crippen molar-refractivity contribution in [1.29, 1.82) is 0 Å². The first-order chi connectivity index (χ1) is 12.2. The Balaban J connectivity index is 1.48. The van der Waals surface area contributed by atoms with Crippen molar-refractivity contribution in [3.05, 3.63) is 70.5 Å². The van der Waals surface area contributed by atoms with Crippen LogP contribution in [0.3, 0.4) is 0 Å². The number of benzene rings is 1. The van der Waals surface area contributed by atoms with Gasteiger partial charge in [0.05, 0.1) is 24.4 Å². The number of hydrogen-bond donors (Lipinski definition) is 2. The van der Waals surface area contributed by atoms with Gasteiger partial charge in [-0.25, -0.2) is 5.10 Å². The standard InChI is InChI=1S/C17H12N4O4/c22-16(10-3-4-13-11(6-10)8-19-20-17(13)23)18-9-12-7-15(25-21-12)14-2-1-5-24-14/h1-8H,9H2,(H,18,22)(H,20,23). The number of fused-ring (bicyclic) bond motifs is 1. The van der Waals surface area contributed by atoms with Crippen LogP contribution in [0.15, 0.2) is 62.6 Å². The lowest BCUT2D eigenvalue weighted by molar-refractivity contribution is 0.0950. The van der Waals surface area contributed by atoms with Crippen LogP contribution in [0.25, 0.3) is 22.3 Å². The third-order valence-electron chi connectivity index (χ3n) is 3.68. The summed E-state index contributed by atoms with van der Waals surface area (Å²) in [5.74, 6) is 0.771. The van der Waals surface area contributed by atoms with Gasteiger partial charge in [0.2, 0.25) is 5.76 Å². The first kappa shape index (κ1) is 14.9. The molecule has 2 N–H and O–H groups in total. The fraction of sp³-hybridized carbons (Fsp3) is 0.0588. The molecule has 25 heavy (non-hydrogen) atoms. The summed E-state index contributed by atoms with van der Waals surface area (Å²) < 4.78 is 10.4. The van der Waals surface area contributed by atoms with Gasteiger partial charge in [-0.1, -0.05) is 5.16 Å². The van der Waals surface area contributed by atoms with Crippen molar-refractivity contribution in [2.24, 2.45) is 0 Å². The van der Waals surface area contributed by atoms with E-state index in [1.807, 2.05) is 0 Å². The highest BCUT2D eigenvalue weighted by Crippen LogP contribution is 2.20. The van der Waals surface area contributed by atoms with Crippen LogP contribution < -0.4 is 10.9 Å². The molecular weight excluding hydrogens is 324 g/mol. The maximum atomic E-state index is 12.3. The van der Waals surface area contributed by atoms with E-state index in [0.717, 1.165) is 0 Å². The van der Waals surface area contributed by atoms with Crippen molar-refractivity contribution in [2.45, 2.75) is 6.54 Å². The number of carbonyl (C=O) groups is 1. The van der Waals surface area contributed by atoms with Gasteiger partial charge in [-0.3, -0.25) is 9.59 Å². The van der Waals surface area contributed by atoms with Gasteiger partial charge in [-0.2, -0.15) is 5.10 Å². The van der Waals surface area contributed by atoms with E-state index in [1.54, 1.807) is 42.7 Å². The monoisotopic (exact) mass is 336 g/mol. The van der Waals surface area contributed by atoms with Crippen molar-refractivity contribution in [3.8, 4) is 11.5 Å². The van der Waals surface area contributed by atoms with Crippen LogP contribution in [-0.4, -0.2) is 21.3 Å². The number of furan rings is 1. The molecule has 3 aromatic heterocycles.